The third kappa shape index (κ3) is 4.38. The lowest BCUT2D eigenvalue weighted by molar-refractivity contribution is -0.137. The van der Waals surface area contributed by atoms with Crippen molar-refractivity contribution in [2.45, 2.75) is 45.3 Å². The van der Waals surface area contributed by atoms with E-state index in [9.17, 15) is 13.2 Å². The summed E-state index contributed by atoms with van der Waals surface area (Å²) in [7, 11) is 0. The molecule has 0 fully saturated rings. The van der Waals surface area contributed by atoms with Crippen molar-refractivity contribution in [2.24, 2.45) is 5.73 Å². The molecule has 0 radical (unpaired) electrons. The number of nitrogens with two attached hydrogens (primary N) is 1. The summed E-state index contributed by atoms with van der Waals surface area (Å²) in [6.45, 7) is 3.71. The molecule has 0 aromatic heterocycles. The first kappa shape index (κ1) is 14.0. The number of benzene rings is 1. The summed E-state index contributed by atoms with van der Waals surface area (Å²) in [6.07, 6.45) is -2.37. The third-order valence-electron chi connectivity index (χ3n) is 2.68. The quantitative estimate of drug-likeness (QED) is 0.862. The summed E-state index contributed by atoms with van der Waals surface area (Å²) < 4.78 is 38.0. The van der Waals surface area contributed by atoms with E-state index < -0.39 is 11.7 Å². The van der Waals surface area contributed by atoms with Gasteiger partial charge in [0.2, 0.25) is 0 Å². The predicted molar refractivity (Wildman–Crippen MR) is 62.8 cm³/mol. The second-order valence-electron chi connectivity index (χ2n) is 4.41. The Kier molecular flexibility index (Phi) is 4.57. The zero-order valence-corrected chi connectivity index (χ0v) is 10.1. The molecule has 0 amide bonds. The normalized spacial score (nSPS) is 13.8. The third-order valence-corrected chi connectivity index (χ3v) is 2.68. The maximum absolute atomic E-state index is 12.7. The lowest BCUT2D eigenvalue weighted by Gasteiger charge is -2.12. The molecule has 2 N–H and O–H groups in total. The molecule has 0 saturated carbocycles. The second-order valence-corrected chi connectivity index (χ2v) is 4.41. The largest absolute Gasteiger partial charge is 0.416 e. The van der Waals surface area contributed by atoms with Crippen molar-refractivity contribution in [3.05, 3.63) is 34.9 Å². The molecular weight excluding hydrogens is 227 g/mol. The highest BCUT2D eigenvalue weighted by molar-refractivity contribution is 5.32. The molecule has 1 aromatic carbocycles. The lowest BCUT2D eigenvalue weighted by Crippen LogP contribution is -2.15. The molecule has 0 aliphatic carbocycles. The van der Waals surface area contributed by atoms with Gasteiger partial charge in [0.25, 0.3) is 0 Å². The molecule has 0 bridgehead atoms. The molecule has 0 saturated heterocycles. The van der Waals surface area contributed by atoms with Gasteiger partial charge in [-0.05, 0) is 49.4 Å². The number of aryl methyl sites for hydroxylation is 2. The fourth-order valence-electron chi connectivity index (χ4n) is 1.67. The van der Waals surface area contributed by atoms with E-state index in [1.54, 1.807) is 0 Å². The van der Waals surface area contributed by atoms with Gasteiger partial charge in [0.05, 0.1) is 5.56 Å². The van der Waals surface area contributed by atoms with E-state index in [1.165, 1.54) is 12.1 Å². The fraction of sp³-hybridized carbons (Fsp3) is 0.538. The molecule has 0 spiro atoms. The van der Waals surface area contributed by atoms with Crippen LogP contribution in [0.2, 0.25) is 0 Å². The number of hydrogen-bond donors (Lipinski definition) is 1. The van der Waals surface area contributed by atoms with Crippen LogP contribution in [-0.2, 0) is 19.0 Å². The lowest BCUT2D eigenvalue weighted by atomic mass is 9.99. The summed E-state index contributed by atoms with van der Waals surface area (Å²) in [5.74, 6) is 0. The SMILES string of the molecule is CCc1cc(CC[C@@H](C)N)cc(C(F)(F)F)c1. The standard InChI is InChI=1S/C13H18F3N/c1-3-10-6-11(5-4-9(2)17)8-12(7-10)13(14,15)16/h6-9H,3-5,17H2,1-2H3/t9-/m1/s1. The van der Waals surface area contributed by atoms with Crippen LogP contribution in [0.25, 0.3) is 0 Å². The Balaban J connectivity index is 2.97. The molecule has 0 heterocycles. The van der Waals surface area contributed by atoms with Gasteiger partial charge in [0.15, 0.2) is 0 Å². The van der Waals surface area contributed by atoms with Crippen LogP contribution in [0.5, 0.6) is 0 Å². The van der Waals surface area contributed by atoms with Crippen molar-refractivity contribution < 1.29 is 13.2 Å². The Labute approximate surface area is 99.8 Å². The first-order valence-electron chi connectivity index (χ1n) is 5.78. The van der Waals surface area contributed by atoms with Gasteiger partial charge in [-0.25, -0.2) is 0 Å². The van der Waals surface area contributed by atoms with Crippen LogP contribution in [0.3, 0.4) is 0 Å². The molecule has 17 heavy (non-hydrogen) atoms. The van der Waals surface area contributed by atoms with Crippen molar-refractivity contribution in [2.75, 3.05) is 0 Å². The van der Waals surface area contributed by atoms with Crippen LogP contribution in [-0.4, -0.2) is 6.04 Å². The van der Waals surface area contributed by atoms with Crippen molar-refractivity contribution in [3.63, 3.8) is 0 Å². The molecule has 1 atom stereocenters. The molecule has 1 aromatic rings. The number of hydrogen-bond acceptors (Lipinski definition) is 1. The zero-order chi connectivity index (χ0) is 13.1. The van der Waals surface area contributed by atoms with Crippen molar-refractivity contribution in [1.29, 1.82) is 0 Å². The molecule has 4 heteroatoms. The van der Waals surface area contributed by atoms with E-state index in [1.807, 2.05) is 19.9 Å². The maximum atomic E-state index is 12.7. The minimum atomic E-state index is -4.27. The monoisotopic (exact) mass is 245 g/mol. The van der Waals surface area contributed by atoms with Gasteiger partial charge in [-0.3, -0.25) is 0 Å². The first-order chi connectivity index (χ1) is 7.82. The van der Waals surface area contributed by atoms with Crippen molar-refractivity contribution >= 4 is 0 Å². The van der Waals surface area contributed by atoms with Gasteiger partial charge in [-0.2, -0.15) is 13.2 Å². The minimum absolute atomic E-state index is 0.00891. The molecule has 96 valence electrons. The summed E-state index contributed by atoms with van der Waals surface area (Å²) in [6, 6.07) is 4.28. The first-order valence-corrected chi connectivity index (χ1v) is 5.78. The Morgan fingerprint density at radius 1 is 1.18 bits per heavy atom. The molecule has 0 aliphatic heterocycles. The predicted octanol–water partition coefficient (Wildman–Crippen LogP) is 3.55. The van der Waals surface area contributed by atoms with Gasteiger partial charge in [0.1, 0.15) is 0 Å². The Bertz CT molecular complexity index is 369. The molecular formula is C13H18F3N. The topological polar surface area (TPSA) is 26.0 Å². The average Bonchev–Trinajstić information content (AvgIpc) is 2.24. The van der Waals surface area contributed by atoms with Crippen molar-refractivity contribution in [1.82, 2.24) is 0 Å². The number of halogens is 3. The molecule has 0 unspecified atom stereocenters. The van der Waals surface area contributed by atoms with E-state index in [0.717, 1.165) is 5.56 Å². The van der Waals surface area contributed by atoms with E-state index in [2.05, 4.69) is 0 Å². The van der Waals surface area contributed by atoms with E-state index >= 15 is 0 Å². The average molecular weight is 245 g/mol. The number of rotatable bonds is 4. The van der Waals surface area contributed by atoms with Gasteiger partial charge in [-0.1, -0.05) is 13.0 Å². The fourth-order valence-corrected chi connectivity index (χ4v) is 1.67. The van der Waals surface area contributed by atoms with Crippen LogP contribution in [0.1, 0.15) is 37.0 Å². The van der Waals surface area contributed by atoms with Crippen molar-refractivity contribution in [3.8, 4) is 0 Å². The summed E-state index contributed by atoms with van der Waals surface area (Å²) >= 11 is 0. The highest BCUT2D eigenvalue weighted by atomic mass is 19.4. The molecule has 0 aliphatic rings. The summed E-state index contributed by atoms with van der Waals surface area (Å²) in [5.41, 5.74) is 6.49. The van der Waals surface area contributed by atoms with Crippen LogP contribution < -0.4 is 5.73 Å². The van der Waals surface area contributed by atoms with Crippen LogP contribution >= 0.6 is 0 Å². The van der Waals surface area contributed by atoms with E-state index in [-0.39, 0.29) is 6.04 Å². The van der Waals surface area contributed by atoms with Gasteiger partial charge in [0, 0.05) is 6.04 Å². The maximum Gasteiger partial charge on any atom is 0.416 e. The molecule has 1 nitrogen and oxygen atoms in total. The smallest absolute Gasteiger partial charge is 0.328 e. The van der Waals surface area contributed by atoms with Crippen LogP contribution in [0, 0.1) is 0 Å². The van der Waals surface area contributed by atoms with Crippen LogP contribution in [0.15, 0.2) is 18.2 Å². The summed E-state index contributed by atoms with van der Waals surface area (Å²) in [4.78, 5) is 0. The Hall–Kier alpha value is -1.03. The Morgan fingerprint density at radius 2 is 1.76 bits per heavy atom. The molecule has 1 rings (SSSR count). The van der Waals surface area contributed by atoms with Gasteiger partial charge < -0.3 is 5.73 Å². The van der Waals surface area contributed by atoms with E-state index in [4.69, 9.17) is 5.73 Å². The van der Waals surface area contributed by atoms with Gasteiger partial charge >= 0.3 is 6.18 Å². The minimum Gasteiger partial charge on any atom is -0.328 e. The summed E-state index contributed by atoms with van der Waals surface area (Å²) in [5, 5.41) is 0. The number of alkyl halides is 3. The van der Waals surface area contributed by atoms with E-state index in [0.29, 0.717) is 24.8 Å². The zero-order valence-electron chi connectivity index (χ0n) is 10.1. The van der Waals surface area contributed by atoms with Crippen LogP contribution in [0.4, 0.5) is 13.2 Å². The Morgan fingerprint density at radius 3 is 2.24 bits per heavy atom. The highest BCUT2D eigenvalue weighted by Gasteiger charge is 2.30. The highest BCUT2D eigenvalue weighted by Crippen LogP contribution is 2.31. The second kappa shape index (κ2) is 5.54. The van der Waals surface area contributed by atoms with Gasteiger partial charge in [-0.15, -0.1) is 0 Å².